The molecule has 0 amide bonds. The zero-order valence-corrected chi connectivity index (χ0v) is 11.9. The first-order valence-corrected chi connectivity index (χ1v) is 7.38. The van der Waals surface area contributed by atoms with E-state index in [0.29, 0.717) is 6.42 Å². The van der Waals surface area contributed by atoms with Crippen molar-refractivity contribution in [2.24, 2.45) is 0 Å². The third-order valence-electron chi connectivity index (χ3n) is 3.71. The number of hydrogen-bond donors (Lipinski definition) is 1. The van der Waals surface area contributed by atoms with Gasteiger partial charge in [-0.25, -0.2) is 0 Å². The maximum atomic E-state index is 10.2. The van der Waals surface area contributed by atoms with E-state index >= 15 is 0 Å². The third-order valence-corrected chi connectivity index (χ3v) is 3.71. The van der Waals surface area contributed by atoms with Crippen LogP contribution >= 0.6 is 0 Å². The fraction of sp³-hybridized carbons (Fsp3) is 0.211. The van der Waals surface area contributed by atoms with Crippen molar-refractivity contribution < 1.29 is 5.11 Å². The molecule has 0 fully saturated rings. The van der Waals surface area contributed by atoms with Gasteiger partial charge in [-0.1, -0.05) is 54.6 Å². The van der Waals surface area contributed by atoms with Gasteiger partial charge in [0.25, 0.3) is 0 Å². The summed E-state index contributed by atoms with van der Waals surface area (Å²) in [7, 11) is 0. The molecule has 2 aromatic carbocycles. The molecule has 0 saturated carbocycles. The van der Waals surface area contributed by atoms with Gasteiger partial charge in [-0.15, -0.1) is 0 Å². The Morgan fingerprint density at radius 2 is 1.62 bits per heavy atom. The molecule has 3 aromatic rings. The molecule has 1 heterocycles. The summed E-state index contributed by atoms with van der Waals surface area (Å²) in [4.78, 5) is 4.61. The lowest BCUT2D eigenvalue weighted by molar-refractivity contribution is 0.164. The largest absolute Gasteiger partial charge is 0.393 e. The molecule has 0 spiro atoms. The van der Waals surface area contributed by atoms with Crippen LogP contribution in [0.5, 0.6) is 0 Å². The fourth-order valence-corrected chi connectivity index (χ4v) is 2.54. The van der Waals surface area contributed by atoms with E-state index in [4.69, 9.17) is 0 Å². The van der Waals surface area contributed by atoms with Crippen LogP contribution in [0.25, 0.3) is 10.9 Å². The number of pyridine rings is 1. The first kappa shape index (κ1) is 13.8. The number of aliphatic hydroxyl groups excluding tert-OH is 1. The highest BCUT2D eigenvalue weighted by Crippen LogP contribution is 2.14. The highest BCUT2D eigenvalue weighted by Gasteiger charge is 2.07. The van der Waals surface area contributed by atoms with E-state index in [9.17, 15) is 5.11 Å². The smallest absolute Gasteiger partial charge is 0.0705 e. The number of benzene rings is 2. The van der Waals surface area contributed by atoms with Crippen LogP contribution in [-0.4, -0.2) is 16.2 Å². The second-order valence-corrected chi connectivity index (χ2v) is 5.38. The standard InChI is InChI=1S/C19H19NO/c21-18(13-10-15-6-2-1-3-7-15)14-17-12-11-16-8-4-5-9-19(16)20-17/h1-9,11-12,18,21H,10,13-14H2. The van der Waals surface area contributed by atoms with E-state index in [2.05, 4.69) is 29.2 Å². The Morgan fingerprint density at radius 3 is 2.48 bits per heavy atom. The average molecular weight is 277 g/mol. The van der Waals surface area contributed by atoms with Crippen LogP contribution in [0.3, 0.4) is 0 Å². The van der Waals surface area contributed by atoms with Crippen molar-refractivity contribution in [1.82, 2.24) is 4.98 Å². The van der Waals surface area contributed by atoms with Gasteiger partial charge >= 0.3 is 0 Å². The van der Waals surface area contributed by atoms with Crippen molar-refractivity contribution in [3.8, 4) is 0 Å². The summed E-state index contributed by atoms with van der Waals surface area (Å²) in [6.45, 7) is 0. The number of fused-ring (bicyclic) bond motifs is 1. The summed E-state index contributed by atoms with van der Waals surface area (Å²) in [6, 6.07) is 22.4. The molecule has 1 N–H and O–H groups in total. The second-order valence-electron chi connectivity index (χ2n) is 5.38. The molecular weight excluding hydrogens is 258 g/mol. The van der Waals surface area contributed by atoms with Crippen molar-refractivity contribution in [3.05, 3.63) is 78.0 Å². The molecule has 0 bridgehead atoms. The van der Waals surface area contributed by atoms with Gasteiger partial charge in [0.2, 0.25) is 0 Å². The molecule has 1 aromatic heterocycles. The molecule has 21 heavy (non-hydrogen) atoms. The lowest BCUT2D eigenvalue weighted by atomic mass is 10.0. The first-order valence-electron chi connectivity index (χ1n) is 7.38. The predicted octanol–water partition coefficient (Wildman–Crippen LogP) is 3.77. The number of hydrogen-bond acceptors (Lipinski definition) is 2. The minimum atomic E-state index is -0.348. The Kier molecular flexibility index (Phi) is 4.27. The van der Waals surface area contributed by atoms with Gasteiger partial charge < -0.3 is 5.11 Å². The van der Waals surface area contributed by atoms with E-state index in [0.717, 1.165) is 29.4 Å². The molecule has 2 nitrogen and oxygen atoms in total. The van der Waals surface area contributed by atoms with Crippen molar-refractivity contribution in [3.63, 3.8) is 0 Å². The van der Waals surface area contributed by atoms with Crippen LogP contribution in [0, 0.1) is 0 Å². The monoisotopic (exact) mass is 277 g/mol. The second kappa shape index (κ2) is 6.51. The maximum Gasteiger partial charge on any atom is 0.0705 e. The lowest BCUT2D eigenvalue weighted by Gasteiger charge is -2.10. The summed E-state index contributed by atoms with van der Waals surface area (Å²) in [5, 5.41) is 11.3. The van der Waals surface area contributed by atoms with Crippen molar-refractivity contribution >= 4 is 10.9 Å². The van der Waals surface area contributed by atoms with E-state index in [1.165, 1.54) is 5.56 Å². The van der Waals surface area contributed by atoms with E-state index in [1.807, 2.05) is 42.5 Å². The van der Waals surface area contributed by atoms with Gasteiger partial charge in [0.05, 0.1) is 11.6 Å². The normalized spacial score (nSPS) is 12.4. The SMILES string of the molecule is OC(CCc1ccccc1)Cc1ccc2ccccc2n1. The Labute approximate surface area is 125 Å². The van der Waals surface area contributed by atoms with Crippen LogP contribution in [0.4, 0.5) is 0 Å². The third kappa shape index (κ3) is 3.67. The van der Waals surface area contributed by atoms with Gasteiger partial charge in [-0.2, -0.15) is 0 Å². The molecule has 0 aliphatic rings. The van der Waals surface area contributed by atoms with Gasteiger partial charge in [0, 0.05) is 17.5 Å². The Morgan fingerprint density at radius 1 is 0.857 bits per heavy atom. The first-order chi connectivity index (χ1) is 10.3. The van der Waals surface area contributed by atoms with Crippen LogP contribution in [0.2, 0.25) is 0 Å². The minimum Gasteiger partial charge on any atom is -0.393 e. The number of aromatic nitrogens is 1. The zero-order valence-electron chi connectivity index (χ0n) is 11.9. The van der Waals surface area contributed by atoms with Gasteiger partial charge in [0.1, 0.15) is 0 Å². The molecule has 3 rings (SSSR count). The molecule has 1 unspecified atom stereocenters. The van der Waals surface area contributed by atoms with Crippen LogP contribution in [0.1, 0.15) is 17.7 Å². The van der Waals surface area contributed by atoms with Gasteiger partial charge in [-0.05, 0) is 30.5 Å². The molecule has 0 aliphatic carbocycles. The van der Waals surface area contributed by atoms with E-state index in [-0.39, 0.29) is 6.10 Å². The van der Waals surface area contributed by atoms with Crippen LogP contribution < -0.4 is 0 Å². The van der Waals surface area contributed by atoms with Gasteiger partial charge in [-0.3, -0.25) is 4.98 Å². The highest BCUT2D eigenvalue weighted by atomic mass is 16.3. The van der Waals surface area contributed by atoms with Gasteiger partial charge in [0.15, 0.2) is 0 Å². The fourth-order valence-electron chi connectivity index (χ4n) is 2.54. The molecule has 1 atom stereocenters. The van der Waals surface area contributed by atoms with E-state index < -0.39 is 0 Å². The van der Waals surface area contributed by atoms with Crippen molar-refractivity contribution in [2.45, 2.75) is 25.4 Å². The lowest BCUT2D eigenvalue weighted by Crippen LogP contribution is -2.12. The minimum absolute atomic E-state index is 0.348. The predicted molar refractivity (Wildman–Crippen MR) is 86.2 cm³/mol. The molecule has 2 heteroatoms. The number of rotatable bonds is 5. The summed E-state index contributed by atoms with van der Waals surface area (Å²) in [5.74, 6) is 0. The Hall–Kier alpha value is -2.19. The summed E-state index contributed by atoms with van der Waals surface area (Å²) in [5.41, 5.74) is 3.21. The summed E-state index contributed by atoms with van der Waals surface area (Å²) in [6.07, 6.45) is 1.92. The molecular formula is C19H19NO. The van der Waals surface area contributed by atoms with Crippen molar-refractivity contribution in [2.75, 3.05) is 0 Å². The van der Waals surface area contributed by atoms with Crippen molar-refractivity contribution in [1.29, 1.82) is 0 Å². The quantitative estimate of drug-likeness (QED) is 0.770. The molecule has 0 saturated heterocycles. The zero-order chi connectivity index (χ0) is 14.5. The maximum absolute atomic E-state index is 10.2. The molecule has 0 radical (unpaired) electrons. The molecule has 0 aliphatic heterocycles. The Balaban J connectivity index is 1.62. The van der Waals surface area contributed by atoms with Crippen LogP contribution in [-0.2, 0) is 12.8 Å². The Bertz CT molecular complexity index is 709. The number of aryl methyl sites for hydroxylation is 1. The summed E-state index contributed by atoms with van der Waals surface area (Å²) >= 11 is 0. The summed E-state index contributed by atoms with van der Waals surface area (Å²) < 4.78 is 0. The molecule has 106 valence electrons. The highest BCUT2D eigenvalue weighted by molar-refractivity contribution is 5.78. The number of nitrogens with zero attached hydrogens (tertiary/aromatic N) is 1. The van der Waals surface area contributed by atoms with Crippen LogP contribution in [0.15, 0.2) is 66.7 Å². The topological polar surface area (TPSA) is 33.1 Å². The number of aliphatic hydroxyl groups is 1. The average Bonchev–Trinajstić information content (AvgIpc) is 2.54. The number of para-hydroxylation sites is 1. The van der Waals surface area contributed by atoms with E-state index in [1.54, 1.807) is 0 Å².